The number of hydrogen-bond donors (Lipinski definition) is 1. The van der Waals surface area contributed by atoms with E-state index in [2.05, 4.69) is 5.32 Å². The molecule has 1 aliphatic heterocycles. The van der Waals surface area contributed by atoms with Crippen molar-refractivity contribution in [3.63, 3.8) is 0 Å². The first-order valence-electron chi connectivity index (χ1n) is 6.73. The van der Waals surface area contributed by atoms with Gasteiger partial charge >= 0.3 is 0 Å². The van der Waals surface area contributed by atoms with Crippen LogP contribution in [0.1, 0.15) is 39.5 Å². The van der Waals surface area contributed by atoms with Crippen LogP contribution in [-0.4, -0.2) is 41.5 Å². The van der Waals surface area contributed by atoms with Crippen LogP contribution >= 0.6 is 0 Å². The molecule has 2 aliphatic rings. The van der Waals surface area contributed by atoms with Crippen molar-refractivity contribution in [3.05, 3.63) is 0 Å². The molecule has 2 unspecified atom stereocenters. The first-order chi connectivity index (χ1) is 8.54. The van der Waals surface area contributed by atoms with Gasteiger partial charge in [0, 0.05) is 6.54 Å². The summed E-state index contributed by atoms with van der Waals surface area (Å²) in [6.45, 7) is 3.16. The number of piperazine rings is 1. The number of hydrogen-bond acceptors (Lipinski definition) is 2. The maximum atomic E-state index is 12.6. The number of halogens is 1. The molecular weight excluding hydrogens is 235 g/mol. The molecule has 2 fully saturated rings. The minimum absolute atomic E-state index is 0.0270. The van der Waals surface area contributed by atoms with Crippen LogP contribution < -0.4 is 5.32 Å². The van der Waals surface area contributed by atoms with Crippen LogP contribution in [0.3, 0.4) is 0 Å². The van der Waals surface area contributed by atoms with E-state index in [1.165, 1.54) is 4.90 Å². The van der Waals surface area contributed by atoms with Gasteiger partial charge in [-0.3, -0.25) is 9.59 Å². The fraction of sp³-hybridized carbons (Fsp3) is 0.846. The predicted octanol–water partition coefficient (Wildman–Crippen LogP) is 1.25. The molecule has 0 aromatic rings. The highest BCUT2D eigenvalue weighted by molar-refractivity contribution is 6.00. The van der Waals surface area contributed by atoms with Crippen molar-refractivity contribution in [1.29, 1.82) is 0 Å². The van der Waals surface area contributed by atoms with Crippen molar-refractivity contribution >= 4 is 11.8 Å². The van der Waals surface area contributed by atoms with E-state index in [0.29, 0.717) is 6.42 Å². The van der Waals surface area contributed by atoms with Crippen molar-refractivity contribution in [3.8, 4) is 0 Å². The smallest absolute Gasteiger partial charge is 0.249 e. The van der Waals surface area contributed by atoms with E-state index in [1.807, 2.05) is 6.92 Å². The Labute approximate surface area is 107 Å². The Bertz CT molecular complexity index is 357. The van der Waals surface area contributed by atoms with Gasteiger partial charge in [-0.15, -0.1) is 0 Å². The quantitative estimate of drug-likeness (QED) is 0.805. The van der Waals surface area contributed by atoms with Crippen LogP contribution in [0.4, 0.5) is 4.39 Å². The lowest BCUT2D eigenvalue weighted by molar-refractivity contribution is -0.155. The number of amides is 2. The third kappa shape index (κ3) is 2.10. The lowest BCUT2D eigenvalue weighted by Gasteiger charge is -2.44. The van der Waals surface area contributed by atoms with Gasteiger partial charge in [-0.05, 0) is 32.1 Å². The van der Waals surface area contributed by atoms with Gasteiger partial charge in [0.25, 0.3) is 0 Å². The second-order valence-corrected chi connectivity index (χ2v) is 5.46. The van der Waals surface area contributed by atoms with Gasteiger partial charge in [0.2, 0.25) is 11.8 Å². The number of rotatable bonds is 5. The maximum Gasteiger partial charge on any atom is 0.249 e. The zero-order valence-corrected chi connectivity index (χ0v) is 11.0. The van der Waals surface area contributed by atoms with Gasteiger partial charge in [-0.1, -0.05) is 13.3 Å². The van der Waals surface area contributed by atoms with Crippen LogP contribution in [0.25, 0.3) is 0 Å². The van der Waals surface area contributed by atoms with Crippen molar-refractivity contribution in [2.75, 3.05) is 13.2 Å². The Morgan fingerprint density at radius 2 is 2.11 bits per heavy atom. The Morgan fingerprint density at radius 1 is 1.44 bits per heavy atom. The van der Waals surface area contributed by atoms with Crippen LogP contribution in [0.15, 0.2) is 0 Å². The monoisotopic (exact) mass is 256 g/mol. The lowest BCUT2D eigenvalue weighted by atomic mass is 9.88. The molecule has 4 nitrogen and oxygen atoms in total. The van der Waals surface area contributed by atoms with E-state index < -0.39 is 18.3 Å². The summed E-state index contributed by atoms with van der Waals surface area (Å²) >= 11 is 0. The molecule has 0 bridgehead atoms. The van der Waals surface area contributed by atoms with Crippen LogP contribution in [0.2, 0.25) is 0 Å². The highest BCUT2D eigenvalue weighted by atomic mass is 19.1. The molecule has 1 N–H and O–H groups in total. The minimum Gasteiger partial charge on any atom is -0.340 e. The second kappa shape index (κ2) is 4.86. The van der Waals surface area contributed by atoms with Gasteiger partial charge in [0.1, 0.15) is 18.3 Å². The van der Waals surface area contributed by atoms with Crippen LogP contribution in [0.5, 0.6) is 0 Å². The normalized spacial score (nSPS) is 32.6. The molecule has 102 valence electrons. The summed E-state index contributed by atoms with van der Waals surface area (Å²) < 4.78 is 12.6. The highest BCUT2D eigenvalue weighted by Gasteiger charge is 2.54. The summed E-state index contributed by atoms with van der Waals surface area (Å²) in [5, 5.41) is 2.88. The maximum absolute atomic E-state index is 12.6. The number of carbonyl (C=O) groups excluding carboxylic acids is 2. The molecule has 0 aromatic carbocycles. The van der Waals surface area contributed by atoms with E-state index in [-0.39, 0.29) is 24.3 Å². The van der Waals surface area contributed by atoms with E-state index in [0.717, 1.165) is 19.3 Å². The molecule has 0 aromatic heterocycles. The summed E-state index contributed by atoms with van der Waals surface area (Å²) in [7, 11) is 0. The van der Waals surface area contributed by atoms with Crippen LogP contribution in [-0.2, 0) is 9.59 Å². The summed E-state index contributed by atoms with van der Waals surface area (Å²) in [6, 6.07) is -0.495. The van der Waals surface area contributed by atoms with E-state index in [4.69, 9.17) is 0 Å². The third-order valence-corrected chi connectivity index (χ3v) is 4.05. The van der Waals surface area contributed by atoms with Gasteiger partial charge in [-0.25, -0.2) is 4.39 Å². The average molecular weight is 256 g/mol. The molecule has 0 spiro atoms. The molecule has 2 amide bonds. The number of alkyl halides is 1. The third-order valence-electron chi connectivity index (χ3n) is 4.05. The molecule has 1 saturated heterocycles. The van der Waals surface area contributed by atoms with Crippen molar-refractivity contribution < 1.29 is 14.0 Å². The fourth-order valence-electron chi connectivity index (χ4n) is 2.82. The fourth-order valence-corrected chi connectivity index (χ4v) is 2.82. The Morgan fingerprint density at radius 3 is 2.61 bits per heavy atom. The van der Waals surface area contributed by atoms with Crippen molar-refractivity contribution in [1.82, 2.24) is 10.2 Å². The topological polar surface area (TPSA) is 49.4 Å². The zero-order valence-electron chi connectivity index (χ0n) is 11.0. The molecule has 5 heteroatoms. The van der Waals surface area contributed by atoms with Gasteiger partial charge in [-0.2, -0.15) is 0 Å². The van der Waals surface area contributed by atoms with Crippen LogP contribution in [0, 0.1) is 5.92 Å². The number of nitrogens with one attached hydrogen (secondary N) is 1. The van der Waals surface area contributed by atoms with Crippen molar-refractivity contribution in [2.24, 2.45) is 5.92 Å². The van der Waals surface area contributed by atoms with Gasteiger partial charge in [0.05, 0.1) is 0 Å². The lowest BCUT2D eigenvalue weighted by Crippen LogP contribution is -2.70. The Balaban J connectivity index is 2.23. The summed E-state index contributed by atoms with van der Waals surface area (Å²) in [5.41, 5.74) is -0.809. The minimum atomic E-state index is -0.809. The first-order valence-corrected chi connectivity index (χ1v) is 6.73. The van der Waals surface area contributed by atoms with E-state index >= 15 is 0 Å². The largest absolute Gasteiger partial charge is 0.340 e. The molecule has 1 heterocycles. The summed E-state index contributed by atoms with van der Waals surface area (Å²) in [5.74, 6) is -0.0152. The standard InChI is InChI=1S/C13H21FN2O2/c1-3-4-10-11(17)15-13(2,9-5-6-9)12(18)16(10)8-7-14/h9-10H,3-8H2,1-2H3,(H,15,17). The molecule has 1 saturated carbocycles. The average Bonchev–Trinajstić information content (AvgIpc) is 3.15. The molecular formula is C13H21FN2O2. The van der Waals surface area contributed by atoms with E-state index in [9.17, 15) is 14.0 Å². The molecule has 2 rings (SSSR count). The number of nitrogens with zero attached hydrogens (tertiary/aromatic N) is 1. The SMILES string of the molecule is CCCC1C(=O)NC(C)(C2CC2)C(=O)N1CCF. The second-order valence-electron chi connectivity index (χ2n) is 5.46. The highest BCUT2D eigenvalue weighted by Crippen LogP contribution is 2.42. The molecule has 0 radical (unpaired) electrons. The first kappa shape index (κ1) is 13.3. The van der Waals surface area contributed by atoms with Crippen molar-refractivity contribution in [2.45, 2.75) is 51.1 Å². The molecule has 1 aliphatic carbocycles. The number of carbonyl (C=O) groups is 2. The summed E-state index contributed by atoms with van der Waals surface area (Å²) in [4.78, 5) is 26.1. The summed E-state index contributed by atoms with van der Waals surface area (Å²) in [6.07, 6.45) is 3.32. The molecule has 2 atom stereocenters. The zero-order chi connectivity index (χ0) is 13.3. The van der Waals surface area contributed by atoms with Gasteiger partial charge < -0.3 is 10.2 Å². The molecule has 18 heavy (non-hydrogen) atoms. The van der Waals surface area contributed by atoms with E-state index in [1.54, 1.807) is 6.92 Å². The van der Waals surface area contributed by atoms with Gasteiger partial charge in [0.15, 0.2) is 0 Å². The predicted molar refractivity (Wildman–Crippen MR) is 65.7 cm³/mol. The Kier molecular flexibility index (Phi) is 3.59. The Hall–Kier alpha value is -1.13.